The summed E-state index contributed by atoms with van der Waals surface area (Å²) in [4.78, 5) is 38.1. The summed E-state index contributed by atoms with van der Waals surface area (Å²) in [6.07, 6.45) is 3.84. The third-order valence-electron chi connectivity index (χ3n) is 5.61. The third-order valence-corrected chi connectivity index (χ3v) is 5.97. The number of halogens is 1. The van der Waals surface area contributed by atoms with Gasteiger partial charge in [0.2, 0.25) is 0 Å². The van der Waals surface area contributed by atoms with Crippen molar-refractivity contribution in [1.82, 2.24) is 10.6 Å². The Kier molecular flexibility index (Phi) is 8.86. The molecule has 2 aliphatic rings. The van der Waals surface area contributed by atoms with Crippen LogP contribution >= 0.6 is 11.6 Å². The van der Waals surface area contributed by atoms with E-state index in [2.05, 4.69) is 16.0 Å². The van der Waals surface area contributed by atoms with Crippen molar-refractivity contribution in [3.05, 3.63) is 76.2 Å². The van der Waals surface area contributed by atoms with Crippen LogP contribution in [-0.4, -0.2) is 51.4 Å². The number of para-hydroxylation sites is 1. The fraction of sp³-hybridized carbons (Fsp3) is 0.320. The summed E-state index contributed by atoms with van der Waals surface area (Å²) >= 11 is 6.35. The van der Waals surface area contributed by atoms with E-state index in [-0.39, 0.29) is 17.1 Å². The molecule has 3 unspecified atom stereocenters. The molecule has 1 aromatic rings. The summed E-state index contributed by atoms with van der Waals surface area (Å²) in [6.45, 7) is 1.85. The van der Waals surface area contributed by atoms with Gasteiger partial charge in [-0.3, -0.25) is 14.9 Å². The molecule has 0 saturated carbocycles. The Balaban J connectivity index is 1.70. The largest absolute Gasteiger partial charge is 0.498 e. The second-order valence-corrected chi connectivity index (χ2v) is 8.44. The van der Waals surface area contributed by atoms with Gasteiger partial charge < -0.3 is 24.8 Å². The molecule has 1 aromatic carbocycles. The minimum absolute atomic E-state index is 0.175. The SMILES string of the molecule is COC1=CC(C(=O)NC(=O)NC2=CC(C(=O)Nc3ccccc3)=C(Cl)CC2C)=CC(OC)C1OC. The summed E-state index contributed by atoms with van der Waals surface area (Å²) in [6, 6.07) is 8.21. The Labute approximate surface area is 208 Å². The lowest BCUT2D eigenvalue weighted by Crippen LogP contribution is -2.42. The van der Waals surface area contributed by atoms with Gasteiger partial charge in [-0.1, -0.05) is 36.7 Å². The molecule has 3 N–H and O–H groups in total. The second kappa shape index (κ2) is 11.8. The first-order valence-electron chi connectivity index (χ1n) is 10.9. The highest BCUT2D eigenvalue weighted by Gasteiger charge is 2.31. The highest BCUT2D eigenvalue weighted by Crippen LogP contribution is 2.31. The zero-order valence-corrected chi connectivity index (χ0v) is 20.6. The Morgan fingerprint density at radius 1 is 0.971 bits per heavy atom. The van der Waals surface area contributed by atoms with E-state index in [1.54, 1.807) is 30.3 Å². The lowest BCUT2D eigenvalue weighted by molar-refractivity contribution is -0.116. The van der Waals surface area contributed by atoms with Gasteiger partial charge in [-0.15, -0.1) is 0 Å². The minimum Gasteiger partial charge on any atom is -0.498 e. The summed E-state index contributed by atoms with van der Waals surface area (Å²) in [5.41, 5.74) is 1.51. The summed E-state index contributed by atoms with van der Waals surface area (Å²) in [7, 11) is 4.44. The van der Waals surface area contributed by atoms with Crippen molar-refractivity contribution < 1.29 is 28.6 Å². The van der Waals surface area contributed by atoms with Gasteiger partial charge in [0.05, 0.1) is 12.7 Å². The van der Waals surface area contributed by atoms with Gasteiger partial charge in [-0.2, -0.15) is 0 Å². The third kappa shape index (κ3) is 6.39. The van der Waals surface area contributed by atoms with Crippen molar-refractivity contribution in [1.29, 1.82) is 0 Å². The monoisotopic (exact) mass is 501 g/mol. The van der Waals surface area contributed by atoms with Gasteiger partial charge in [0, 0.05) is 42.1 Å². The van der Waals surface area contributed by atoms with Crippen molar-refractivity contribution in [2.75, 3.05) is 26.6 Å². The van der Waals surface area contributed by atoms with Gasteiger partial charge in [0.1, 0.15) is 18.0 Å². The molecule has 0 heterocycles. The first-order valence-corrected chi connectivity index (χ1v) is 11.3. The van der Waals surface area contributed by atoms with Crippen LogP contribution in [-0.2, 0) is 23.8 Å². The topological polar surface area (TPSA) is 115 Å². The van der Waals surface area contributed by atoms with Crippen molar-refractivity contribution in [2.24, 2.45) is 5.92 Å². The molecule has 0 aliphatic heterocycles. The minimum atomic E-state index is -0.745. The highest BCUT2D eigenvalue weighted by atomic mass is 35.5. The van der Waals surface area contributed by atoms with E-state index < -0.39 is 30.1 Å². The fourth-order valence-corrected chi connectivity index (χ4v) is 4.11. The molecule has 0 fully saturated rings. The van der Waals surface area contributed by atoms with E-state index >= 15 is 0 Å². The maximum absolute atomic E-state index is 12.7. The lowest BCUT2D eigenvalue weighted by atomic mass is 9.94. The van der Waals surface area contributed by atoms with E-state index in [0.29, 0.717) is 28.6 Å². The van der Waals surface area contributed by atoms with Crippen LogP contribution in [0.4, 0.5) is 10.5 Å². The second-order valence-electron chi connectivity index (χ2n) is 7.98. The maximum atomic E-state index is 12.7. The molecule has 3 atom stereocenters. The van der Waals surface area contributed by atoms with Gasteiger partial charge in [0.25, 0.3) is 11.8 Å². The number of benzene rings is 1. The van der Waals surface area contributed by atoms with Gasteiger partial charge in [-0.05, 0) is 36.8 Å². The van der Waals surface area contributed by atoms with Crippen LogP contribution in [0, 0.1) is 5.92 Å². The van der Waals surface area contributed by atoms with E-state index in [9.17, 15) is 14.4 Å². The van der Waals surface area contributed by atoms with Crippen LogP contribution in [0.25, 0.3) is 0 Å². The van der Waals surface area contributed by atoms with Crippen LogP contribution in [0.2, 0.25) is 0 Å². The van der Waals surface area contributed by atoms with Crippen molar-refractivity contribution in [3.63, 3.8) is 0 Å². The number of amides is 4. The average molecular weight is 502 g/mol. The number of hydrogen-bond acceptors (Lipinski definition) is 6. The lowest BCUT2D eigenvalue weighted by Gasteiger charge is -2.28. The molecule has 2 aliphatic carbocycles. The molecule has 0 spiro atoms. The Morgan fingerprint density at radius 3 is 2.31 bits per heavy atom. The van der Waals surface area contributed by atoms with Gasteiger partial charge >= 0.3 is 6.03 Å². The van der Waals surface area contributed by atoms with Crippen molar-refractivity contribution in [2.45, 2.75) is 25.6 Å². The molecule has 0 saturated heterocycles. The highest BCUT2D eigenvalue weighted by molar-refractivity contribution is 6.33. The van der Waals surface area contributed by atoms with Crippen LogP contribution in [0.1, 0.15) is 13.3 Å². The molecule has 10 heteroatoms. The van der Waals surface area contributed by atoms with Gasteiger partial charge in [0.15, 0.2) is 0 Å². The number of ether oxygens (including phenoxy) is 3. The predicted octanol–water partition coefficient (Wildman–Crippen LogP) is 3.37. The Morgan fingerprint density at radius 2 is 1.69 bits per heavy atom. The fourth-order valence-electron chi connectivity index (χ4n) is 3.74. The zero-order chi connectivity index (χ0) is 25.5. The number of rotatable bonds is 7. The van der Waals surface area contributed by atoms with Crippen molar-refractivity contribution >= 4 is 35.1 Å². The molecule has 0 radical (unpaired) electrons. The number of imide groups is 1. The first kappa shape index (κ1) is 26.2. The number of allylic oxidation sites excluding steroid dienone is 2. The number of methoxy groups -OCH3 is 3. The van der Waals surface area contributed by atoms with Crippen LogP contribution in [0.15, 0.2) is 76.2 Å². The van der Waals surface area contributed by atoms with E-state index in [0.717, 1.165) is 0 Å². The molecule has 0 bridgehead atoms. The normalized spacial score (nSPS) is 21.9. The summed E-state index contributed by atoms with van der Waals surface area (Å²) in [5, 5.41) is 8.11. The average Bonchev–Trinajstić information content (AvgIpc) is 2.85. The smallest absolute Gasteiger partial charge is 0.325 e. The van der Waals surface area contributed by atoms with Crippen molar-refractivity contribution in [3.8, 4) is 0 Å². The van der Waals surface area contributed by atoms with Crippen LogP contribution in [0.5, 0.6) is 0 Å². The standard InChI is InChI=1S/C25H28ClN3O6/c1-14-10-18(26)17(24(31)27-16-8-6-5-7-9-16)13-19(14)28-25(32)29-23(30)15-11-20(33-2)22(35-4)21(12-15)34-3/h5-9,11-14,20,22H,10H2,1-4H3,(H,27,31)(H2,28,29,30,32). The number of urea groups is 1. The number of anilines is 1. The Hall–Kier alpha value is -3.40. The van der Waals surface area contributed by atoms with Gasteiger partial charge in [-0.25, -0.2) is 4.79 Å². The molecule has 35 heavy (non-hydrogen) atoms. The summed E-state index contributed by atoms with van der Waals surface area (Å²) < 4.78 is 16.0. The maximum Gasteiger partial charge on any atom is 0.325 e. The number of nitrogens with one attached hydrogen (secondary N) is 3. The quantitative estimate of drug-likeness (QED) is 0.527. The van der Waals surface area contributed by atoms with Crippen LogP contribution in [0.3, 0.4) is 0 Å². The molecular formula is C25H28ClN3O6. The molecule has 4 amide bonds. The number of hydrogen-bond donors (Lipinski definition) is 3. The summed E-state index contributed by atoms with van der Waals surface area (Å²) in [5.74, 6) is -0.823. The van der Waals surface area contributed by atoms with E-state index in [1.165, 1.54) is 33.5 Å². The van der Waals surface area contributed by atoms with E-state index in [1.807, 2.05) is 13.0 Å². The molecule has 186 valence electrons. The Bertz CT molecular complexity index is 1110. The number of carbonyl (C=O) groups excluding carboxylic acids is 3. The predicted molar refractivity (Wildman–Crippen MR) is 131 cm³/mol. The molecule has 0 aromatic heterocycles. The zero-order valence-electron chi connectivity index (χ0n) is 19.9. The number of carbonyl (C=O) groups is 3. The van der Waals surface area contributed by atoms with E-state index in [4.69, 9.17) is 25.8 Å². The first-order chi connectivity index (χ1) is 16.8. The van der Waals surface area contributed by atoms with Crippen LogP contribution < -0.4 is 16.0 Å². The molecule has 3 rings (SSSR count). The molecule has 9 nitrogen and oxygen atoms in total. The molecular weight excluding hydrogens is 474 g/mol.